The molecule has 1 aromatic carbocycles. The van der Waals surface area contributed by atoms with Gasteiger partial charge in [-0.15, -0.1) is 0 Å². The number of amides is 3. The largest absolute Gasteiger partial charge is 0.352 e. The Morgan fingerprint density at radius 3 is 2.22 bits per heavy atom. The normalized spacial score (nSPS) is 10.7. The molecule has 1 rings (SSSR count). The number of benzene rings is 1. The average molecular weight is 319 g/mol. The van der Waals surface area contributed by atoms with Crippen LogP contribution in [0.3, 0.4) is 0 Å². The van der Waals surface area contributed by atoms with Crippen LogP contribution in [0, 0.1) is 0 Å². The fourth-order valence-corrected chi connectivity index (χ4v) is 1.87. The fraction of sp³-hybridized carbons (Fsp3) is 0.471. The molecule has 0 atom stereocenters. The van der Waals surface area contributed by atoms with Crippen molar-refractivity contribution < 1.29 is 14.4 Å². The van der Waals surface area contributed by atoms with Crippen LogP contribution in [0.2, 0.25) is 0 Å². The molecule has 23 heavy (non-hydrogen) atoms. The molecule has 0 saturated carbocycles. The Morgan fingerprint density at radius 2 is 1.61 bits per heavy atom. The lowest BCUT2D eigenvalue weighted by atomic mass is 10.1. The maximum Gasteiger partial charge on any atom is 0.251 e. The number of rotatable bonds is 7. The second kappa shape index (κ2) is 8.92. The van der Waals surface area contributed by atoms with Crippen LogP contribution < -0.4 is 16.0 Å². The van der Waals surface area contributed by atoms with Crippen LogP contribution in [-0.4, -0.2) is 36.3 Å². The highest BCUT2D eigenvalue weighted by Gasteiger charge is 2.14. The second-order valence-corrected chi connectivity index (χ2v) is 6.30. The van der Waals surface area contributed by atoms with E-state index in [0.29, 0.717) is 18.5 Å². The van der Waals surface area contributed by atoms with Crippen LogP contribution in [0.25, 0.3) is 0 Å². The summed E-state index contributed by atoms with van der Waals surface area (Å²) in [5, 5.41) is 8.08. The van der Waals surface area contributed by atoms with E-state index in [4.69, 9.17) is 0 Å². The molecule has 0 saturated heterocycles. The van der Waals surface area contributed by atoms with Crippen molar-refractivity contribution in [1.29, 1.82) is 0 Å². The van der Waals surface area contributed by atoms with Crippen molar-refractivity contribution in [3.63, 3.8) is 0 Å². The number of nitrogens with one attached hydrogen (secondary N) is 3. The Balaban J connectivity index is 2.15. The molecule has 0 heterocycles. The number of hydrogen-bond donors (Lipinski definition) is 3. The third kappa shape index (κ3) is 8.60. The van der Waals surface area contributed by atoms with Gasteiger partial charge in [-0.1, -0.05) is 18.2 Å². The highest BCUT2D eigenvalue weighted by atomic mass is 16.2. The molecule has 0 unspecified atom stereocenters. The molecular formula is C17H25N3O3. The van der Waals surface area contributed by atoms with E-state index in [0.717, 1.165) is 0 Å². The first kappa shape index (κ1) is 18.7. The van der Waals surface area contributed by atoms with Gasteiger partial charge in [0.05, 0.1) is 6.54 Å². The molecule has 0 aliphatic rings. The van der Waals surface area contributed by atoms with E-state index in [2.05, 4.69) is 16.0 Å². The van der Waals surface area contributed by atoms with Gasteiger partial charge in [0.2, 0.25) is 11.8 Å². The van der Waals surface area contributed by atoms with Crippen LogP contribution in [-0.2, 0) is 9.59 Å². The van der Waals surface area contributed by atoms with Gasteiger partial charge in [0, 0.05) is 24.1 Å². The summed E-state index contributed by atoms with van der Waals surface area (Å²) < 4.78 is 0. The van der Waals surface area contributed by atoms with E-state index in [1.54, 1.807) is 24.3 Å². The Morgan fingerprint density at radius 1 is 0.957 bits per heavy atom. The zero-order valence-electron chi connectivity index (χ0n) is 13.9. The minimum absolute atomic E-state index is 0.0352. The van der Waals surface area contributed by atoms with Crippen LogP contribution >= 0.6 is 0 Å². The van der Waals surface area contributed by atoms with Crippen LogP contribution in [0.1, 0.15) is 44.0 Å². The molecule has 6 nitrogen and oxygen atoms in total. The predicted molar refractivity (Wildman–Crippen MR) is 88.9 cm³/mol. The smallest absolute Gasteiger partial charge is 0.251 e. The SMILES string of the molecule is CC(C)(C)NC(=O)CNC(=O)CCCNC(=O)c1ccccc1. The van der Waals surface area contributed by atoms with E-state index >= 15 is 0 Å². The van der Waals surface area contributed by atoms with Gasteiger partial charge in [-0.3, -0.25) is 14.4 Å². The van der Waals surface area contributed by atoms with E-state index in [1.807, 2.05) is 26.8 Å². The van der Waals surface area contributed by atoms with Gasteiger partial charge in [-0.25, -0.2) is 0 Å². The summed E-state index contributed by atoms with van der Waals surface area (Å²) in [6, 6.07) is 8.90. The first-order valence-corrected chi connectivity index (χ1v) is 7.69. The molecule has 3 N–H and O–H groups in total. The van der Waals surface area contributed by atoms with Crippen LogP contribution in [0.4, 0.5) is 0 Å². The van der Waals surface area contributed by atoms with E-state index < -0.39 is 0 Å². The van der Waals surface area contributed by atoms with Crippen LogP contribution in [0.15, 0.2) is 30.3 Å². The Bertz CT molecular complexity index is 536. The molecular weight excluding hydrogens is 294 g/mol. The number of carbonyl (C=O) groups is 3. The summed E-state index contributed by atoms with van der Waals surface area (Å²) in [4.78, 5) is 35.0. The summed E-state index contributed by atoms with van der Waals surface area (Å²) in [7, 11) is 0. The van der Waals surface area contributed by atoms with E-state index in [9.17, 15) is 14.4 Å². The quantitative estimate of drug-likeness (QED) is 0.661. The molecule has 126 valence electrons. The Hall–Kier alpha value is -2.37. The van der Waals surface area contributed by atoms with E-state index in [-0.39, 0.29) is 36.2 Å². The molecule has 0 radical (unpaired) electrons. The van der Waals surface area contributed by atoms with Crippen molar-refractivity contribution in [2.24, 2.45) is 0 Å². The van der Waals surface area contributed by atoms with Gasteiger partial charge >= 0.3 is 0 Å². The van der Waals surface area contributed by atoms with Crippen molar-refractivity contribution in [1.82, 2.24) is 16.0 Å². The minimum Gasteiger partial charge on any atom is -0.352 e. The first-order valence-electron chi connectivity index (χ1n) is 7.69. The minimum atomic E-state index is -0.316. The summed E-state index contributed by atoms with van der Waals surface area (Å²) in [6.45, 7) is 6.01. The van der Waals surface area contributed by atoms with Gasteiger partial charge in [0.15, 0.2) is 0 Å². The van der Waals surface area contributed by atoms with Gasteiger partial charge in [-0.2, -0.15) is 0 Å². The Labute approximate surface area is 137 Å². The maximum atomic E-state index is 11.8. The van der Waals surface area contributed by atoms with Gasteiger partial charge in [0.25, 0.3) is 5.91 Å². The molecule has 0 fully saturated rings. The Kier molecular flexibility index (Phi) is 7.25. The third-order valence-corrected chi connectivity index (χ3v) is 2.86. The third-order valence-electron chi connectivity index (χ3n) is 2.86. The fourth-order valence-electron chi connectivity index (χ4n) is 1.87. The van der Waals surface area contributed by atoms with Crippen molar-refractivity contribution in [2.75, 3.05) is 13.1 Å². The first-order chi connectivity index (χ1) is 10.8. The standard InChI is InChI=1S/C17H25N3O3/c1-17(2,3)20-15(22)12-19-14(21)10-7-11-18-16(23)13-8-5-4-6-9-13/h4-6,8-9H,7,10-12H2,1-3H3,(H,18,23)(H,19,21)(H,20,22). The molecule has 0 bridgehead atoms. The molecule has 0 aliphatic heterocycles. The van der Waals surface area contributed by atoms with Crippen molar-refractivity contribution >= 4 is 17.7 Å². The lowest BCUT2D eigenvalue weighted by Crippen LogP contribution is -2.45. The van der Waals surface area contributed by atoms with Crippen molar-refractivity contribution in [2.45, 2.75) is 39.2 Å². The molecule has 3 amide bonds. The highest BCUT2D eigenvalue weighted by Crippen LogP contribution is 1.99. The molecule has 6 heteroatoms. The topological polar surface area (TPSA) is 87.3 Å². The maximum absolute atomic E-state index is 11.8. The van der Waals surface area contributed by atoms with Crippen LogP contribution in [0.5, 0.6) is 0 Å². The lowest BCUT2D eigenvalue weighted by molar-refractivity contribution is -0.126. The van der Waals surface area contributed by atoms with Crippen molar-refractivity contribution in [3.8, 4) is 0 Å². The number of hydrogen-bond acceptors (Lipinski definition) is 3. The number of carbonyl (C=O) groups excluding carboxylic acids is 3. The second-order valence-electron chi connectivity index (χ2n) is 6.30. The summed E-state index contributed by atoms with van der Waals surface area (Å²) in [6.07, 6.45) is 0.781. The molecule has 0 spiro atoms. The molecule has 0 aliphatic carbocycles. The molecule has 0 aromatic heterocycles. The predicted octanol–water partition coefficient (Wildman–Crippen LogP) is 1.23. The summed E-state index contributed by atoms with van der Waals surface area (Å²) in [5.74, 6) is -0.582. The summed E-state index contributed by atoms with van der Waals surface area (Å²) >= 11 is 0. The van der Waals surface area contributed by atoms with Gasteiger partial charge in [-0.05, 0) is 39.3 Å². The van der Waals surface area contributed by atoms with Crippen molar-refractivity contribution in [3.05, 3.63) is 35.9 Å². The van der Waals surface area contributed by atoms with E-state index in [1.165, 1.54) is 0 Å². The summed E-state index contributed by atoms with van der Waals surface area (Å²) in [5.41, 5.74) is 0.277. The monoisotopic (exact) mass is 319 g/mol. The zero-order chi connectivity index (χ0) is 17.3. The lowest BCUT2D eigenvalue weighted by Gasteiger charge is -2.20. The van der Waals surface area contributed by atoms with Gasteiger partial charge < -0.3 is 16.0 Å². The van der Waals surface area contributed by atoms with Gasteiger partial charge in [0.1, 0.15) is 0 Å². The molecule has 1 aromatic rings. The average Bonchev–Trinajstić information content (AvgIpc) is 2.48. The zero-order valence-corrected chi connectivity index (χ0v) is 13.9. The highest BCUT2D eigenvalue weighted by molar-refractivity contribution is 5.94.